The van der Waals surface area contributed by atoms with Crippen molar-refractivity contribution in [3.8, 4) is 0 Å². The molecule has 0 radical (unpaired) electrons. The number of carbonyl (C=O) groups excluding carboxylic acids is 4. The molecule has 0 bridgehead atoms. The lowest BCUT2D eigenvalue weighted by molar-refractivity contribution is -0.154. The number of benzene rings is 2. The smallest absolute Gasteiger partial charge is 0.273 e. The maximum Gasteiger partial charge on any atom is 0.273 e. The minimum atomic E-state index is -0.634. The fourth-order valence-corrected chi connectivity index (χ4v) is 4.46. The molecule has 164 valence electrons. The zero-order valence-corrected chi connectivity index (χ0v) is 18.7. The van der Waals surface area contributed by atoms with Gasteiger partial charge in [-0.05, 0) is 60.9 Å². The first-order chi connectivity index (χ1) is 15.3. The number of fused-ring (bicyclic) bond motifs is 1. The van der Waals surface area contributed by atoms with Gasteiger partial charge in [0, 0.05) is 21.2 Å². The molecular formula is C24H20Cl2N2O4. The average molecular weight is 471 g/mol. The first kappa shape index (κ1) is 22.2. The second-order valence-electron chi connectivity index (χ2n) is 7.94. The van der Waals surface area contributed by atoms with Crippen LogP contribution in [0.15, 0.2) is 60.7 Å². The molecule has 8 heteroatoms. The zero-order chi connectivity index (χ0) is 23.0. The van der Waals surface area contributed by atoms with Gasteiger partial charge in [-0.25, -0.2) is 5.01 Å². The number of allylic oxidation sites excluding steroid dienone is 2. The van der Waals surface area contributed by atoms with Crippen molar-refractivity contribution in [1.82, 2.24) is 10.0 Å². The van der Waals surface area contributed by atoms with Crippen LogP contribution in [0.5, 0.6) is 0 Å². The van der Waals surface area contributed by atoms with E-state index in [2.05, 4.69) is 0 Å². The molecule has 0 saturated carbocycles. The van der Waals surface area contributed by atoms with Gasteiger partial charge in [-0.15, -0.1) is 0 Å². The maximum atomic E-state index is 13.4. The summed E-state index contributed by atoms with van der Waals surface area (Å²) in [4.78, 5) is 52.9. The van der Waals surface area contributed by atoms with Gasteiger partial charge < -0.3 is 0 Å². The fraction of sp³-hybridized carbons (Fsp3) is 0.250. The van der Waals surface area contributed by atoms with E-state index in [4.69, 9.17) is 23.2 Å². The van der Waals surface area contributed by atoms with Crippen molar-refractivity contribution in [2.75, 3.05) is 6.54 Å². The molecule has 2 aromatic rings. The van der Waals surface area contributed by atoms with E-state index in [0.29, 0.717) is 22.0 Å². The number of hydrazine groups is 1. The number of hydrogen-bond acceptors (Lipinski definition) is 4. The van der Waals surface area contributed by atoms with E-state index in [1.165, 1.54) is 36.4 Å². The Bertz CT molecular complexity index is 1110. The monoisotopic (exact) mass is 470 g/mol. The Hall–Kier alpha value is -2.96. The van der Waals surface area contributed by atoms with Gasteiger partial charge in [-0.3, -0.25) is 19.2 Å². The normalized spacial score (nSPS) is 22.1. The second kappa shape index (κ2) is 8.88. The van der Waals surface area contributed by atoms with Gasteiger partial charge in [0.25, 0.3) is 17.7 Å². The van der Waals surface area contributed by atoms with Gasteiger partial charge in [0.15, 0.2) is 5.78 Å². The van der Waals surface area contributed by atoms with Crippen LogP contribution in [0.25, 0.3) is 0 Å². The van der Waals surface area contributed by atoms with Crippen molar-refractivity contribution >= 4 is 46.7 Å². The molecule has 3 atom stereocenters. The highest BCUT2D eigenvalue weighted by atomic mass is 35.5. The SMILES string of the molecule is C[C@@H]1C=CC[C@H]2C(=O)N(N(CC(=O)c3ccc(Cl)cc3)C(=O)c3ccc(Cl)cc3)C(=O)[C@@H]12. The minimum absolute atomic E-state index is 0.144. The summed E-state index contributed by atoms with van der Waals surface area (Å²) in [6, 6.07) is 12.3. The highest BCUT2D eigenvalue weighted by Gasteiger charge is 2.53. The van der Waals surface area contributed by atoms with Crippen molar-refractivity contribution in [2.24, 2.45) is 17.8 Å². The maximum absolute atomic E-state index is 13.4. The van der Waals surface area contributed by atoms with Gasteiger partial charge in [0.05, 0.1) is 11.8 Å². The van der Waals surface area contributed by atoms with Crippen molar-refractivity contribution < 1.29 is 19.2 Å². The number of Topliss-reactive ketones (excluding diaryl/α,β-unsaturated/α-hetero) is 1. The molecule has 2 aliphatic rings. The lowest BCUT2D eigenvalue weighted by Crippen LogP contribution is -2.52. The van der Waals surface area contributed by atoms with Crippen molar-refractivity contribution in [2.45, 2.75) is 13.3 Å². The molecule has 0 unspecified atom stereocenters. The number of amides is 3. The summed E-state index contributed by atoms with van der Waals surface area (Å²) < 4.78 is 0. The quantitative estimate of drug-likeness (QED) is 0.368. The highest BCUT2D eigenvalue weighted by molar-refractivity contribution is 6.31. The van der Waals surface area contributed by atoms with Crippen LogP contribution in [0.1, 0.15) is 34.1 Å². The van der Waals surface area contributed by atoms with Gasteiger partial charge >= 0.3 is 0 Å². The fourth-order valence-electron chi connectivity index (χ4n) is 4.21. The summed E-state index contributed by atoms with van der Waals surface area (Å²) in [6.07, 6.45) is 4.20. The molecule has 1 heterocycles. The molecule has 1 saturated heterocycles. The summed E-state index contributed by atoms with van der Waals surface area (Å²) in [6.45, 7) is 1.40. The van der Waals surface area contributed by atoms with Crippen LogP contribution < -0.4 is 0 Å². The van der Waals surface area contributed by atoms with Gasteiger partial charge in [0.1, 0.15) is 6.54 Å². The van der Waals surface area contributed by atoms with E-state index >= 15 is 0 Å². The number of rotatable bonds is 5. The summed E-state index contributed by atoms with van der Waals surface area (Å²) >= 11 is 11.8. The minimum Gasteiger partial charge on any atom is -0.292 e. The first-order valence-corrected chi connectivity index (χ1v) is 10.9. The van der Waals surface area contributed by atoms with E-state index in [9.17, 15) is 19.2 Å². The molecule has 0 aromatic heterocycles. The summed E-state index contributed by atoms with van der Waals surface area (Å²) in [5.74, 6) is -3.25. The van der Waals surface area contributed by atoms with E-state index in [1.807, 2.05) is 19.1 Å². The summed E-state index contributed by atoms with van der Waals surface area (Å²) in [5.41, 5.74) is 0.523. The number of nitrogens with zero attached hydrogens (tertiary/aromatic N) is 2. The molecule has 0 N–H and O–H groups in total. The van der Waals surface area contributed by atoms with E-state index in [-0.39, 0.29) is 11.5 Å². The number of hydrogen-bond donors (Lipinski definition) is 0. The molecule has 6 nitrogen and oxygen atoms in total. The third kappa shape index (κ3) is 4.08. The average Bonchev–Trinajstić information content (AvgIpc) is 3.03. The lowest BCUT2D eigenvalue weighted by atomic mass is 9.78. The van der Waals surface area contributed by atoms with Crippen LogP contribution in [-0.4, -0.2) is 40.1 Å². The third-order valence-electron chi connectivity index (χ3n) is 5.88. The molecule has 1 aliphatic heterocycles. The Labute approximate surface area is 195 Å². The Morgan fingerprint density at radius 1 is 0.938 bits per heavy atom. The number of carbonyl (C=O) groups is 4. The predicted molar refractivity (Wildman–Crippen MR) is 120 cm³/mol. The van der Waals surface area contributed by atoms with Crippen molar-refractivity contribution in [3.63, 3.8) is 0 Å². The largest absolute Gasteiger partial charge is 0.292 e. The molecule has 32 heavy (non-hydrogen) atoms. The van der Waals surface area contributed by atoms with Crippen LogP contribution in [0.4, 0.5) is 0 Å². The van der Waals surface area contributed by atoms with Crippen LogP contribution in [-0.2, 0) is 9.59 Å². The van der Waals surface area contributed by atoms with Gasteiger partial charge in [0.2, 0.25) is 0 Å². The molecule has 4 rings (SSSR count). The second-order valence-corrected chi connectivity index (χ2v) is 8.82. The van der Waals surface area contributed by atoms with Crippen molar-refractivity contribution in [1.29, 1.82) is 0 Å². The third-order valence-corrected chi connectivity index (χ3v) is 6.38. The topological polar surface area (TPSA) is 74.8 Å². The molecular weight excluding hydrogens is 451 g/mol. The standard InChI is InChI=1S/C24H20Cl2N2O4/c1-14-3-2-4-19-21(14)24(32)28(23(19)31)27(22(30)16-7-11-18(26)12-8-16)13-20(29)15-5-9-17(25)10-6-15/h2-3,5-12,14,19,21H,4,13H2,1H3/t14-,19-,21+/m1/s1. The Kier molecular flexibility index (Phi) is 6.17. The first-order valence-electron chi connectivity index (χ1n) is 10.2. The number of halogens is 2. The Balaban J connectivity index is 1.70. The van der Waals surface area contributed by atoms with E-state index in [0.717, 1.165) is 10.0 Å². The highest BCUT2D eigenvalue weighted by Crippen LogP contribution is 2.39. The molecule has 3 amide bonds. The Morgan fingerprint density at radius 3 is 2.06 bits per heavy atom. The lowest BCUT2D eigenvalue weighted by Gasteiger charge is -2.30. The predicted octanol–water partition coefficient (Wildman–Crippen LogP) is 4.43. The molecule has 2 aromatic carbocycles. The van der Waals surface area contributed by atoms with Gasteiger partial charge in [-0.2, -0.15) is 5.01 Å². The van der Waals surface area contributed by atoms with Crippen LogP contribution >= 0.6 is 23.2 Å². The van der Waals surface area contributed by atoms with Crippen LogP contribution in [0, 0.1) is 17.8 Å². The van der Waals surface area contributed by atoms with Crippen LogP contribution in [0.3, 0.4) is 0 Å². The van der Waals surface area contributed by atoms with Crippen LogP contribution in [0.2, 0.25) is 10.0 Å². The summed E-state index contributed by atoms with van der Waals surface area (Å²) in [7, 11) is 0. The number of imide groups is 1. The molecule has 1 aliphatic carbocycles. The molecule has 1 fully saturated rings. The zero-order valence-electron chi connectivity index (χ0n) is 17.2. The number of ketones is 1. The Morgan fingerprint density at radius 2 is 1.50 bits per heavy atom. The summed E-state index contributed by atoms with van der Waals surface area (Å²) in [5, 5.41) is 2.72. The van der Waals surface area contributed by atoms with Gasteiger partial charge in [-0.1, -0.05) is 42.3 Å². The van der Waals surface area contributed by atoms with Crippen molar-refractivity contribution in [3.05, 3.63) is 81.9 Å². The van der Waals surface area contributed by atoms with E-state index in [1.54, 1.807) is 12.1 Å². The van der Waals surface area contributed by atoms with E-state index < -0.39 is 41.9 Å². The molecule has 0 spiro atoms.